The molecule has 52 valence electrons. The highest BCUT2D eigenvalue weighted by Gasteiger charge is 1.96. The lowest BCUT2D eigenvalue weighted by Gasteiger charge is -1.83. The quantitative estimate of drug-likeness (QED) is 0.523. The van der Waals surface area contributed by atoms with Crippen LogP contribution in [0.15, 0.2) is 17.0 Å². The molecule has 1 N–H and O–H groups in total. The maximum atomic E-state index is 10.3. The predicted octanol–water partition coefficient (Wildman–Crippen LogP) is 2.09. The van der Waals surface area contributed by atoms with Crippen molar-refractivity contribution in [1.82, 2.24) is 0 Å². The van der Waals surface area contributed by atoms with Crippen LogP contribution in [0.5, 0.6) is 0 Å². The third-order valence-corrected chi connectivity index (χ3v) is 1.88. The van der Waals surface area contributed by atoms with Crippen LogP contribution in [-0.2, 0) is 0 Å². The summed E-state index contributed by atoms with van der Waals surface area (Å²) in [5.74, 6) is 0. The largest absolute Gasteiger partial charge is 0.516 e. The topological polar surface area (TPSA) is 37.3 Å². The summed E-state index contributed by atoms with van der Waals surface area (Å²) in [6.45, 7) is 0. The van der Waals surface area contributed by atoms with Crippen LogP contribution in [0.1, 0.15) is 15.9 Å². The zero-order valence-corrected chi connectivity index (χ0v) is 5.97. The van der Waals surface area contributed by atoms with Gasteiger partial charge in [-0.15, -0.1) is 0 Å². The molecule has 0 unspecified atom stereocenters. The van der Waals surface area contributed by atoms with E-state index >= 15 is 0 Å². The van der Waals surface area contributed by atoms with Crippen LogP contribution < -0.4 is 0 Å². The summed E-state index contributed by atoms with van der Waals surface area (Å²) in [4.78, 5) is 10.3. The maximum Gasteiger partial charge on any atom is 0.151 e. The molecular weight excluding hydrogens is 148 g/mol. The Balaban J connectivity index is 3.00. The van der Waals surface area contributed by atoms with Crippen molar-refractivity contribution < 1.29 is 9.90 Å². The highest BCUT2D eigenvalue weighted by atomic mass is 32.1. The molecule has 1 rings (SSSR count). The summed E-state index contributed by atoms with van der Waals surface area (Å²) in [5.41, 5.74) is 1.39. The Morgan fingerprint density at radius 1 is 1.40 bits per heavy atom. The van der Waals surface area contributed by atoms with Gasteiger partial charge in [0.05, 0.1) is 6.26 Å². The number of aliphatic hydroxyl groups is 1. The van der Waals surface area contributed by atoms with Gasteiger partial charge < -0.3 is 5.11 Å². The van der Waals surface area contributed by atoms with E-state index in [1.54, 1.807) is 10.8 Å². The second-order valence-corrected chi connectivity index (χ2v) is 2.46. The van der Waals surface area contributed by atoms with Gasteiger partial charge in [-0.1, -0.05) is 0 Å². The molecule has 2 nitrogen and oxygen atoms in total. The molecule has 0 saturated carbocycles. The monoisotopic (exact) mass is 154 g/mol. The van der Waals surface area contributed by atoms with Gasteiger partial charge >= 0.3 is 0 Å². The van der Waals surface area contributed by atoms with Gasteiger partial charge in [-0.25, -0.2) is 0 Å². The first-order chi connectivity index (χ1) is 4.88. The Kier molecular flexibility index (Phi) is 2.23. The summed E-state index contributed by atoms with van der Waals surface area (Å²) >= 11 is 1.44. The van der Waals surface area contributed by atoms with Gasteiger partial charge in [-0.05, 0) is 17.0 Å². The maximum absolute atomic E-state index is 10.3. The van der Waals surface area contributed by atoms with Crippen LogP contribution >= 0.6 is 11.3 Å². The van der Waals surface area contributed by atoms with Crippen LogP contribution in [0.25, 0.3) is 6.08 Å². The van der Waals surface area contributed by atoms with Crippen LogP contribution in [0, 0.1) is 0 Å². The molecule has 0 saturated heterocycles. The Morgan fingerprint density at radius 2 is 2.10 bits per heavy atom. The number of hydrogen-bond donors (Lipinski definition) is 1. The SMILES string of the molecule is O=Cc1cscc1C=CO. The fourth-order valence-electron chi connectivity index (χ4n) is 0.628. The second kappa shape index (κ2) is 3.17. The van der Waals surface area contributed by atoms with Gasteiger partial charge in [0.15, 0.2) is 6.29 Å². The van der Waals surface area contributed by atoms with E-state index in [1.165, 1.54) is 17.4 Å². The van der Waals surface area contributed by atoms with Crippen molar-refractivity contribution in [3.63, 3.8) is 0 Å². The van der Waals surface area contributed by atoms with Gasteiger partial charge in [-0.2, -0.15) is 11.3 Å². The summed E-state index contributed by atoms with van der Waals surface area (Å²) in [5, 5.41) is 11.9. The minimum atomic E-state index is 0.621. The molecule has 0 aliphatic heterocycles. The highest BCUT2D eigenvalue weighted by molar-refractivity contribution is 7.08. The van der Waals surface area contributed by atoms with Gasteiger partial charge in [0.2, 0.25) is 0 Å². The summed E-state index contributed by atoms with van der Waals surface area (Å²) in [6.07, 6.45) is 3.18. The van der Waals surface area contributed by atoms with E-state index in [4.69, 9.17) is 5.11 Å². The molecule has 1 aromatic rings. The number of hydrogen-bond acceptors (Lipinski definition) is 3. The van der Waals surface area contributed by atoms with Crippen molar-refractivity contribution >= 4 is 23.7 Å². The van der Waals surface area contributed by atoms with E-state index in [-0.39, 0.29) is 0 Å². The summed E-state index contributed by atoms with van der Waals surface area (Å²) in [6, 6.07) is 0. The number of rotatable bonds is 2. The molecule has 0 aliphatic carbocycles. The lowest BCUT2D eigenvalue weighted by Crippen LogP contribution is -1.76. The van der Waals surface area contributed by atoms with E-state index in [0.717, 1.165) is 18.1 Å². The van der Waals surface area contributed by atoms with Crippen molar-refractivity contribution in [2.45, 2.75) is 0 Å². The molecule has 0 atom stereocenters. The molecule has 0 aliphatic rings. The Labute approximate surface area is 62.4 Å². The van der Waals surface area contributed by atoms with Crippen LogP contribution in [0.3, 0.4) is 0 Å². The van der Waals surface area contributed by atoms with E-state index in [2.05, 4.69) is 0 Å². The summed E-state index contributed by atoms with van der Waals surface area (Å²) < 4.78 is 0. The van der Waals surface area contributed by atoms with Crippen molar-refractivity contribution in [2.24, 2.45) is 0 Å². The summed E-state index contributed by atoms with van der Waals surface area (Å²) in [7, 11) is 0. The fourth-order valence-corrected chi connectivity index (χ4v) is 1.40. The Morgan fingerprint density at radius 3 is 2.70 bits per heavy atom. The number of carbonyl (C=O) groups excluding carboxylic acids is 1. The molecule has 3 heteroatoms. The number of aldehydes is 1. The minimum Gasteiger partial charge on any atom is -0.516 e. The number of carbonyl (C=O) groups is 1. The van der Waals surface area contributed by atoms with Crippen molar-refractivity contribution in [2.75, 3.05) is 0 Å². The lowest BCUT2D eigenvalue weighted by molar-refractivity contribution is 0.112. The van der Waals surface area contributed by atoms with Crippen LogP contribution in [0.4, 0.5) is 0 Å². The molecule has 1 aromatic heterocycles. The first kappa shape index (κ1) is 7.02. The molecule has 0 spiro atoms. The molecule has 0 aromatic carbocycles. The lowest BCUT2D eigenvalue weighted by atomic mass is 10.2. The fraction of sp³-hybridized carbons (Fsp3) is 0. The molecule has 0 amide bonds. The molecule has 0 fully saturated rings. The molecule has 1 heterocycles. The average Bonchev–Trinajstić information content (AvgIpc) is 2.36. The zero-order valence-electron chi connectivity index (χ0n) is 5.15. The Hall–Kier alpha value is -1.09. The van der Waals surface area contributed by atoms with E-state index in [9.17, 15) is 4.79 Å². The van der Waals surface area contributed by atoms with Crippen LogP contribution in [-0.4, -0.2) is 11.4 Å². The van der Waals surface area contributed by atoms with Crippen molar-refractivity contribution in [3.05, 3.63) is 28.1 Å². The number of aliphatic hydroxyl groups excluding tert-OH is 1. The molecule has 10 heavy (non-hydrogen) atoms. The van der Waals surface area contributed by atoms with Gasteiger partial charge in [0, 0.05) is 10.9 Å². The van der Waals surface area contributed by atoms with Gasteiger partial charge in [0.25, 0.3) is 0 Å². The first-order valence-electron chi connectivity index (χ1n) is 2.70. The zero-order chi connectivity index (χ0) is 7.40. The third kappa shape index (κ3) is 1.25. The van der Waals surface area contributed by atoms with Crippen LogP contribution in [0.2, 0.25) is 0 Å². The number of thiophene rings is 1. The predicted molar refractivity (Wildman–Crippen MR) is 41.4 cm³/mol. The first-order valence-corrected chi connectivity index (χ1v) is 3.65. The van der Waals surface area contributed by atoms with Gasteiger partial charge in [-0.3, -0.25) is 4.79 Å². The average molecular weight is 154 g/mol. The van der Waals surface area contributed by atoms with E-state index in [0.29, 0.717) is 5.56 Å². The van der Waals surface area contributed by atoms with E-state index < -0.39 is 0 Å². The molecule has 0 radical (unpaired) electrons. The Bertz CT molecular complexity index is 250. The smallest absolute Gasteiger partial charge is 0.151 e. The normalized spacial score (nSPS) is 10.4. The second-order valence-electron chi connectivity index (χ2n) is 1.72. The standard InChI is InChI=1S/C7H6O2S/c8-2-1-6-4-10-5-7(6)3-9/h1-5,8H. The third-order valence-electron chi connectivity index (χ3n) is 1.10. The van der Waals surface area contributed by atoms with Crippen molar-refractivity contribution in [3.8, 4) is 0 Å². The highest BCUT2D eigenvalue weighted by Crippen LogP contribution is 2.13. The molecular formula is C7H6O2S. The molecule has 0 bridgehead atoms. The van der Waals surface area contributed by atoms with Gasteiger partial charge in [0.1, 0.15) is 0 Å². The van der Waals surface area contributed by atoms with E-state index in [1.807, 2.05) is 0 Å². The minimum absolute atomic E-state index is 0.621. The van der Waals surface area contributed by atoms with Crippen molar-refractivity contribution in [1.29, 1.82) is 0 Å².